The van der Waals surface area contributed by atoms with Crippen LogP contribution in [0.5, 0.6) is 0 Å². The first-order valence-corrected chi connectivity index (χ1v) is 5.42. The summed E-state index contributed by atoms with van der Waals surface area (Å²) < 4.78 is 24.8. The third kappa shape index (κ3) is 3.94. The van der Waals surface area contributed by atoms with Gasteiger partial charge in [0.2, 0.25) is 0 Å². The number of aryl methyl sites for hydroxylation is 1. The summed E-state index contributed by atoms with van der Waals surface area (Å²) in [5, 5.41) is 18.1. The highest BCUT2D eigenvalue weighted by atomic mass is 19.3. The summed E-state index contributed by atoms with van der Waals surface area (Å²) in [6, 6.07) is 5.24. The first-order valence-electron chi connectivity index (χ1n) is 5.42. The molecule has 17 heavy (non-hydrogen) atoms. The number of nitrogens with zero attached hydrogens (tertiary/aromatic N) is 1. The van der Waals surface area contributed by atoms with Gasteiger partial charge in [0.1, 0.15) is 0 Å². The van der Waals surface area contributed by atoms with Crippen LogP contribution >= 0.6 is 0 Å². The zero-order chi connectivity index (χ0) is 12.8. The Morgan fingerprint density at radius 1 is 1.29 bits per heavy atom. The molecule has 1 rings (SSSR count). The Bertz CT molecular complexity index is 358. The highest BCUT2D eigenvalue weighted by molar-refractivity contribution is 5.54. The molecule has 1 aromatic carbocycles. The molecule has 0 aliphatic heterocycles. The lowest BCUT2D eigenvalue weighted by Crippen LogP contribution is -2.32. The van der Waals surface area contributed by atoms with Crippen LogP contribution in [0.15, 0.2) is 18.2 Å². The van der Waals surface area contributed by atoms with Crippen molar-refractivity contribution in [2.24, 2.45) is 0 Å². The Morgan fingerprint density at radius 3 is 2.53 bits per heavy atom. The molecule has 0 aliphatic rings. The average molecular weight is 245 g/mol. The van der Waals surface area contributed by atoms with Crippen LogP contribution in [-0.4, -0.2) is 36.3 Å². The van der Waals surface area contributed by atoms with Crippen molar-refractivity contribution in [1.82, 2.24) is 0 Å². The molecule has 0 amide bonds. The molecular formula is C12H17F2NO2. The van der Waals surface area contributed by atoms with Gasteiger partial charge in [0.25, 0.3) is 6.43 Å². The molecule has 0 aliphatic carbocycles. The molecular weight excluding hydrogens is 228 g/mol. The van der Waals surface area contributed by atoms with Crippen LogP contribution in [-0.2, 0) is 6.61 Å². The molecule has 0 heterocycles. The Morgan fingerprint density at radius 2 is 2.00 bits per heavy atom. The first kappa shape index (κ1) is 13.9. The molecule has 0 unspecified atom stereocenters. The van der Waals surface area contributed by atoms with E-state index in [4.69, 9.17) is 5.11 Å². The third-order valence-corrected chi connectivity index (χ3v) is 2.47. The normalized spacial score (nSPS) is 10.9. The maximum Gasteiger partial charge on any atom is 0.255 e. The van der Waals surface area contributed by atoms with Gasteiger partial charge in [-0.25, -0.2) is 8.78 Å². The molecule has 0 fully saturated rings. The summed E-state index contributed by atoms with van der Waals surface area (Å²) in [4.78, 5) is 1.38. The monoisotopic (exact) mass is 245 g/mol. The van der Waals surface area contributed by atoms with Gasteiger partial charge in [-0.3, -0.25) is 0 Å². The topological polar surface area (TPSA) is 43.7 Å². The molecule has 1 aromatic rings. The van der Waals surface area contributed by atoms with E-state index in [0.29, 0.717) is 11.3 Å². The van der Waals surface area contributed by atoms with Crippen LogP contribution in [0.3, 0.4) is 0 Å². The van der Waals surface area contributed by atoms with E-state index < -0.39 is 13.0 Å². The molecule has 2 N–H and O–H groups in total. The molecule has 3 nitrogen and oxygen atoms in total. The number of aliphatic hydroxyl groups excluding tert-OH is 2. The first-order chi connectivity index (χ1) is 8.08. The van der Waals surface area contributed by atoms with Gasteiger partial charge in [-0.05, 0) is 13.0 Å². The molecule has 0 aromatic heterocycles. The van der Waals surface area contributed by atoms with Crippen molar-refractivity contribution in [3.8, 4) is 0 Å². The zero-order valence-electron chi connectivity index (χ0n) is 9.74. The SMILES string of the molecule is Cc1ccc(N(CCO)CC(F)F)c(CO)c1. The standard InChI is InChI=1S/C12H17F2NO2/c1-9-2-3-11(10(6-9)8-17)15(4-5-16)7-12(13)14/h2-3,6,12,16-17H,4-5,7-8H2,1H3. The van der Waals surface area contributed by atoms with Crippen molar-refractivity contribution < 1.29 is 19.0 Å². The number of aliphatic hydroxyl groups is 2. The Hall–Kier alpha value is -1.20. The minimum Gasteiger partial charge on any atom is -0.395 e. The van der Waals surface area contributed by atoms with Gasteiger partial charge in [-0.15, -0.1) is 0 Å². The van der Waals surface area contributed by atoms with Crippen molar-refractivity contribution in [2.45, 2.75) is 20.0 Å². The smallest absolute Gasteiger partial charge is 0.255 e. The molecule has 0 spiro atoms. The fraction of sp³-hybridized carbons (Fsp3) is 0.500. The fourth-order valence-electron chi connectivity index (χ4n) is 1.75. The Labute approximate surface area is 99.3 Å². The van der Waals surface area contributed by atoms with E-state index in [1.807, 2.05) is 6.92 Å². The second-order valence-electron chi connectivity index (χ2n) is 3.85. The summed E-state index contributed by atoms with van der Waals surface area (Å²) >= 11 is 0. The summed E-state index contributed by atoms with van der Waals surface area (Å²) in [7, 11) is 0. The predicted molar refractivity (Wildman–Crippen MR) is 62.4 cm³/mol. The maximum absolute atomic E-state index is 12.4. The number of halogens is 2. The van der Waals surface area contributed by atoms with Crippen molar-refractivity contribution in [3.63, 3.8) is 0 Å². The third-order valence-electron chi connectivity index (χ3n) is 2.47. The minimum atomic E-state index is -2.48. The maximum atomic E-state index is 12.4. The number of benzene rings is 1. The van der Waals surface area contributed by atoms with Gasteiger partial charge in [0.15, 0.2) is 0 Å². The van der Waals surface area contributed by atoms with E-state index in [-0.39, 0.29) is 19.8 Å². The van der Waals surface area contributed by atoms with Gasteiger partial charge in [-0.1, -0.05) is 17.7 Å². The van der Waals surface area contributed by atoms with Gasteiger partial charge < -0.3 is 15.1 Å². The van der Waals surface area contributed by atoms with E-state index >= 15 is 0 Å². The number of anilines is 1. The van der Waals surface area contributed by atoms with Crippen LogP contribution < -0.4 is 4.90 Å². The predicted octanol–water partition coefficient (Wildman–Crippen LogP) is 1.55. The second kappa shape index (κ2) is 6.51. The quantitative estimate of drug-likeness (QED) is 0.799. The number of hydrogen-bond donors (Lipinski definition) is 2. The van der Waals surface area contributed by atoms with Crippen molar-refractivity contribution in [3.05, 3.63) is 29.3 Å². The van der Waals surface area contributed by atoms with Gasteiger partial charge in [0, 0.05) is 17.8 Å². The Kier molecular flexibility index (Phi) is 5.31. The minimum absolute atomic E-state index is 0.125. The van der Waals surface area contributed by atoms with E-state index in [0.717, 1.165) is 5.56 Å². The van der Waals surface area contributed by atoms with Crippen molar-refractivity contribution in [1.29, 1.82) is 0 Å². The Balaban J connectivity index is 2.99. The molecule has 0 saturated heterocycles. The van der Waals surface area contributed by atoms with E-state index in [1.54, 1.807) is 18.2 Å². The highest BCUT2D eigenvalue weighted by Gasteiger charge is 2.15. The lowest BCUT2D eigenvalue weighted by molar-refractivity contribution is 0.152. The molecule has 0 saturated carbocycles. The van der Waals surface area contributed by atoms with Gasteiger partial charge in [0.05, 0.1) is 19.8 Å². The van der Waals surface area contributed by atoms with Crippen molar-refractivity contribution in [2.75, 3.05) is 24.6 Å². The van der Waals surface area contributed by atoms with Gasteiger partial charge in [-0.2, -0.15) is 0 Å². The highest BCUT2D eigenvalue weighted by Crippen LogP contribution is 2.22. The number of rotatable bonds is 6. The molecule has 0 atom stereocenters. The van der Waals surface area contributed by atoms with Crippen LogP contribution in [0.1, 0.15) is 11.1 Å². The average Bonchev–Trinajstić information content (AvgIpc) is 2.27. The number of alkyl halides is 2. The molecule has 96 valence electrons. The summed E-state index contributed by atoms with van der Waals surface area (Å²) in [6.07, 6.45) is -2.48. The summed E-state index contributed by atoms with van der Waals surface area (Å²) in [6.45, 7) is 1.14. The van der Waals surface area contributed by atoms with E-state index in [1.165, 1.54) is 4.90 Å². The van der Waals surface area contributed by atoms with Crippen LogP contribution in [0, 0.1) is 6.92 Å². The number of hydrogen-bond acceptors (Lipinski definition) is 3. The van der Waals surface area contributed by atoms with Crippen LogP contribution in [0.25, 0.3) is 0 Å². The zero-order valence-corrected chi connectivity index (χ0v) is 9.74. The lowest BCUT2D eigenvalue weighted by atomic mass is 10.1. The molecule has 0 radical (unpaired) electrons. The van der Waals surface area contributed by atoms with Gasteiger partial charge >= 0.3 is 0 Å². The molecule has 5 heteroatoms. The van der Waals surface area contributed by atoms with Crippen LogP contribution in [0.2, 0.25) is 0 Å². The summed E-state index contributed by atoms with van der Waals surface area (Å²) in [5.74, 6) is 0. The summed E-state index contributed by atoms with van der Waals surface area (Å²) in [5.41, 5.74) is 2.10. The van der Waals surface area contributed by atoms with E-state index in [9.17, 15) is 13.9 Å². The fourth-order valence-corrected chi connectivity index (χ4v) is 1.75. The second-order valence-corrected chi connectivity index (χ2v) is 3.85. The van der Waals surface area contributed by atoms with E-state index in [2.05, 4.69) is 0 Å². The lowest BCUT2D eigenvalue weighted by Gasteiger charge is -2.26. The molecule has 0 bridgehead atoms. The van der Waals surface area contributed by atoms with Crippen molar-refractivity contribution >= 4 is 5.69 Å². The largest absolute Gasteiger partial charge is 0.395 e. The van der Waals surface area contributed by atoms with Crippen LogP contribution in [0.4, 0.5) is 14.5 Å².